The van der Waals surface area contributed by atoms with Crippen LogP contribution in [0.4, 0.5) is 0 Å². The van der Waals surface area contributed by atoms with Crippen molar-refractivity contribution < 1.29 is 0 Å². The van der Waals surface area contributed by atoms with Gasteiger partial charge in [-0.1, -0.05) is 26.3 Å². The Kier molecular flexibility index (Phi) is 6.81. The molecule has 17 heavy (non-hydrogen) atoms. The van der Waals surface area contributed by atoms with Crippen molar-refractivity contribution in [3.63, 3.8) is 0 Å². The Morgan fingerprint density at radius 2 is 2.29 bits per heavy atom. The second-order valence-electron chi connectivity index (χ2n) is 3.61. The van der Waals surface area contributed by atoms with Gasteiger partial charge in [0.05, 0.1) is 10.6 Å². The van der Waals surface area contributed by atoms with Gasteiger partial charge < -0.3 is 5.32 Å². The molecule has 0 aliphatic rings. The summed E-state index contributed by atoms with van der Waals surface area (Å²) in [7, 11) is 0. The lowest BCUT2D eigenvalue weighted by molar-refractivity contribution is 0.744. The van der Waals surface area contributed by atoms with Crippen LogP contribution in [0.25, 0.3) is 0 Å². The van der Waals surface area contributed by atoms with Crippen molar-refractivity contribution in [2.45, 2.75) is 33.1 Å². The minimum atomic E-state index is 0.598. The number of unbranched alkanes of at least 4 members (excludes halogenated alkanes) is 1. The zero-order valence-electron chi connectivity index (χ0n) is 10.3. The summed E-state index contributed by atoms with van der Waals surface area (Å²) in [5, 5.41) is 10.1. The van der Waals surface area contributed by atoms with Gasteiger partial charge in [-0.05, 0) is 36.5 Å². The molecule has 0 bridgehead atoms. The lowest BCUT2D eigenvalue weighted by atomic mass is 10.2. The molecule has 1 aromatic heterocycles. The Morgan fingerprint density at radius 3 is 2.88 bits per heavy atom. The molecule has 2 N–H and O–H groups in total. The van der Waals surface area contributed by atoms with E-state index in [1.54, 1.807) is 11.3 Å². The molecule has 0 unspecified atom stereocenters. The molecule has 0 aliphatic carbocycles. The molecule has 5 heteroatoms. The Balaban J connectivity index is 2.42. The zero-order chi connectivity index (χ0) is 12.5. The second kappa shape index (κ2) is 8.20. The molecule has 0 amide bonds. The molecule has 0 atom stereocenters. The van der Waals surface area contributed by atoms with Crippen LogP contribution in [0.1, 0.15) is 38.0 Å². The molecule has 1 rings (SSSR count). The number of nitrogens with zero attached hydrogens (tertiary/aromatic N) is 1. The fraction of sp³-hybridized carbons (Fsp3) is 0.500. The van der Waals surface area contributed by atoms with Gasteiger partial charge in [-0.25, -0.2) is 0 Å². The van der Waals surface area contributed by atoms with Crippen molar-refractivity contribution >= 4 is 34.4 Å². The first-order valence-corrected chi connectivity index (χ1v) is 7.21. The summed E-state index contributed by atoms with van der Waals surface area (Å²) in [6, 6.07) is 4.10. The molecule has 1 aromatic rings. The molecule has 0 aromatic carbocycles. The Hall–Kier alpha value is -0.940. The highest BCUT2D eigenvalue weighted by Gasteiger charge is 2.02. The van der Waals surface area contributed by atoms with E-state index in [0.29, 0.717) is 5.11 Å². The minimum Gasteiger partial charge on any atom is -0.361 e. The molecule has 0 saturated heterocycles. The maximum Gasteiger partial charge on any atom is 0.186 e. The van der Waals surface area contributed by atoms with Crippen LogP contribution >= 0.6 is 23.6 Å². The molecule has 3 nitrogen and oxygen atoms in total. The van der Waals surface area contributed by atoms with Gasteiger partial charge >= 0.3 is 0 Å². The van der Waals surface area contributed by atoms with Crippen LogP contribution in [0, 0.1) is 0 Å². The number of hydrogen-bond donors (Lipinski definition) is 2. The standard InChI is InChI=1S/C12H19N3S2/c1-3-5-8-13-12(16)15-14-10(4-2)11-7-6-9-17-11/h6-7,9H,3-5,8H2,1-2H3,(H2,13,15,16)/b14-10-. The first-order valence-electron chi connectivity index (χ1n) is 5.92. The van der Waals surface area contributed by atoms with Crippen molar-refractivity contribution in [2.75, 3.05) is 6.54 Å². The van der Waals surface area contributed by atoms with Gasteiger partial charge in [0, 0.05) is 6.54 Å². The van der Waals surface area contributed by atoms with E-state index >= 15 is 0 Å². The predicted molar refractivity (Wildman–Crippen MR) is 79.8 cm³/mol. The lowest BCUT2D eigenvalue weighted by Crippen LogP contribution is -2.33. The topological polar surface area (TPSA) is 36.4 Å². The number of thiocarbonyl (C=S) groups is 1. The molecule has 0 aliphatic heterocycles. The third kappa shape index (κ3) is 5.28. The zero-order valence-corrected chi connectivity index (χ0v) is 12.0. The van der Waals surface area contributed by atoms with Crippen LogP contribution in [0.5, 0.6) is 0 Å². The van der Waals surface area contributed by atoms with E-state index in [1.165, 1.54) is 4.88 Å². The predicted octanol–water partition coefficient (Wildman–Crippen LogP) is 3.13. The van der Waals surface area contributed by atoms with E-state index in [0.717, 1.165) is 31.5 Å². The molecule has 94 valence electrons. The van der Waals surface area contributed by atoms with E-state index < -0.39 is 0 Å². The molecular weight excluding hydrogens is 250 g/mol. The number of rotatable bonds is 6. The molecule has 0 spiro atoms. The summed E-state index contributed by atoms with van der Waals surface area (Å²) in [5.41, 5.74) is 3.94. The Morgan fingerprint density at radius 1 is 1.47 bits per heavy atom. The minimum absolute atomic E-state index is 0.598. The average molecular weight is 269 g/mol. The van der Waals surface area contributed by atoms with Gasteiger partial charge in [0.2, 0.25) is 0 Å². The van der Waals surface area contributed by atoms with E-state index in [-0.39, 0.29) is 0 Å². The van der Waals surface area contributed by atoms with Crippen LogP contribution in [0.2, 0.25) is 0 Å². The maximum absolute atomic E-state index is 5.14. The van der Waals surface area contributed by atoms with Crippen LogP contribution < -0.4 is 10.7 Å². The van der Waals surface area contributed by atoms with Gasteiger partial charge in [-0.2, -0.15) is 5.10 Å². The second-order valence-corrected chi connectivity index (χ2v) is 4.97. The SMILES string of the molecule is CCCCNC(=S)N/N=C(/CC)c1cccs1. The molecule has 1 heterocycles. The third-order valence-electron chi connectivity index (χ3n) is 2.25. The highest BCUT2D eigenvalue weighted by Crippen LogP contribution is 2.11. The number of thiophene rings is 1. The smallest absolute Gasteiger partial charge is 0.186 e. The summed E-state index contributed by atoms with van der Waals surface area (Å²) < 4.78 is 0. The quantitative estimate of drug-likeness (QED) is 0.360. The number of nitrogens with one attached hydrogen (secondary N) is 2. The van der Waals surface area contributed by atoms with E-state index in [4.69, 9.17) is 12.2 Å². The van der Waals surface area contributed by atoms with Crippen molar-refractivity contribution in [3.05, 3.63) is 22.4 Å². The highest BCUT2D eigenvalue weighted by atomic mass is 32.1. The third-order valence-corrected chi connectivity index (χ3v) is 3.40. The fourth-order valence-corrected chi connectivity index (χ4v) is 2.22. The Labute approximate surface area is 112 Å². The van der Waals surface area contributed by atoms with E-state index in [9.17, 15) is 0 Å². The molecule has 0 saturated carbocycles. The van der Waals surface area contributed by atoms with Crippen molar-refractivity contribution in [1.29, 1.82) is 0 Å². The number of hydrogen-bond acceptors (Lipinski definition) is 3. The molecule has 0 fully saturated rings. The summed E-state index contributed by atoms with van der Waals surface area (Å²) in [5.74, 6) is 0. The molecular formula is C12H19N3S2. The maximum atomic E-state index is 5.14. The van der Waals surface area contributed by atoms with Crippen LogP contribution in [0.3, 0.4) is 0 Å². The van der Waals surface area contributed by atoms with Gasteiger partial charge in [-0.3, -0.25) is 5.43 Å². The van der Waals surface area contributed by atoms with Gasteiger partial charge in [0.25, 0.3) is 0 Å². The normalized spacial score (nSPS) is 11.3. The Bertz CT molecular complexity index is 358. The average Bonchev–Trinajstić information content (AvgIpc) is 2.84. The van der Waals surface area contributed by atoms with Crippen molar-refractivity contribution in [3.8, 4) is 0 Å². The fourth-order valence-electron chi connectivity index (χ4n) is 1.29. The van der Waals surface area contributed by atoms with Gasteiger partial charge in [0.15, 0.2) is 5.11 Å². The lowest BCUT2D eigenvalue weighted by Gasteiger charge is -2.07. The first-order chi connectivity index (χ1) is 8.27. The monoisotopic (exact) mass is 269 g/mol. The van der Waals surface area contributed by atoms with E-state index in [1.807, 2.05) is 6.07 Å². The number of hydrazone groups is 1. The van der Waals surface area contributed by atoms with Gasteiger partial charge in [-0.15, -0.1) is 11.3 Å². The molecule has 0 radical (unpaired) electrons. The summed E-state index contributed by atoms with van der Waals surface area (Å²) in [6.07, 6.45) is 3.18. The van der Waals surface area contributed by atoms with Crippen LogP contribution in [-0.2, 0) is 0 Å². The summed E-state index contributed by atoms with van der Waals surface area (Å²) >= 11 is 6.83. The summed E-state index contributed by atoms with van der Waals surface area (Å²) in [6.45, 7) is 5.15. The van der Waals surface area contributed by atoms with Gasteiger partial charge in [0.1, 0.15) is 0 Å². The van der Waals surface area contributed by atoms with Crippen LogP contribution in [-0.4, -0.2) is 17.4 Å². The summed E-state index contributed by atoms with van der Waals surface area (Å²) in [4.78, 5) is 1.19. The first kappa shape index (κ1) is 14.1. The van der Waals surface area contributed by atoms with Crippen molar-refractivity contribution in [2.24, 2.45) is 5.10 Å². The highest BCUT2D eigenvalue weighted by molar-refractivity contribution is 7.80. The van der Waals surface area contributed by atoms with Crippen LogP contribution in [0.15, 0.2) is 22.6 Å². The van der Waals surface area contributed by atoms with E-state index in [2.05, 4.69) is 41.1 Å². The largest absolute Gasteiger partial charge is 0.361 e. The van der Waals surface area contributed by atoms with Crippen molar-refractivity contribution in [1.82, 2.24) is 10.7 Å².